The summed E-state index contributed by atoms with van der Waals surface area (Å²) >= 11 is 0. The van der Waals surface area contributed by atoms with Gasteiger partial charge in [0.25, 0.3) is 5.91 Å². The number of nitriles is 1. The Bertz CT molecular complexity index is 1490. The lowest BCUT2D eigenvalue weighted by Crippen LogP contribution is -2.64. The Kier molecular flexibility index (Phi) is 7.35. The van der Waals surface area contributed by atoms with Crippen LogP contribution in [0, 0.1) is 11.3 Å². The van der Waals surface area contributed by atoms with Crippen LogP contribution in [0.2, 0.25) is 0 Å². The lowest BCUT2D eigenvalue weighted by atomic mass is 9.89. The zero-order chi connectivity index (χ0) is 27.6. The number of carbonyl (C=O) groups excluding carboxylic acids is 1. The number of amides is 1. The van der Waals surface area contributed by atoms with Gasteiger partial charge in [0.2, 0.25) is 16.0 Å². The molecular weight excluding hydrogens is 520 g/mol. The average molecular weight is 551 g/mol. The minimum atomic E-state index is -3.33. The third-order valence-electron chi connectivity index (χ3n) is 7.28. The molecule has 1 N–H and O–H groups in total. The van der Waals surface area contributed by atoms with E-state index in [2.05, 4.69) is 26.5 Å². The minimum Gasteiger partial charge on any atom is -0.380 e. The molecule has 5 rings (SSSR count). The second-order valence-electron chi connectivity index (χ2n) is 9.77. The first-order valence-corrected chi connectivity index (χ1v) is 14.3. The minimum absolute atomic E-state index is 0.0169. The van der Waals surface area contributed by atoms with Gasteiger partial charge in [-0.2, -0.15) is 14.7 Å². The first-order valence-electron chi connectivity index (χ1n) is 12.7. The highest BCUT2D eigenvalue weighted by Crippen LogP contribution is 2.35. The van der Waals surface area contributed by atoms with Crippen molar-refractivity contribution in [2.24, 2.45) is 0 Å². The fraction of sp³-hybridized carbons (Fsp3) is 0.423. The maximum absolute atomic E-state index is 12.8. The van der Waals surface area contributed by atoms with Gasteiger partial charge < -0.3 is 15.0 Å². The molecule has 0 bridgehead atoms. The Morgan fingerprint density at radius 2 is 2.03 bits per heavy atom. The van der Waals surface area contributed by atoms with E-state index in [9.17, 15) is 18.5 Å². The second kappa shape index (κ2) is 10.7. The highest BCUT2D eigenvalue weighted by molar-refractivity contribution is 7.89. The molecule has 13 heteroatoms. The van der Waals surface area contributed by atoms with E-state index in [-0.39, 0.29) is 37.3 Å². The zero-order valence-electron chi connectivity index (χ0n) is 21.8. The quantitative estimate of drug-likeness (QED) is 0.424. The summed E-state index contributed by atoms with van der Waals surface area (Å²) in [6.45, 7) is 3.30. The van der Waals surface area contributed by atoms with E-state index < -0.39 is 15.6 Å². The molecule has 3 aromatic rings. The van der Waals surface area contributed by atoms with E-state index >= 15 is 0 Å². The summed E-state index contributed by atoms with van der Waals surface area (Å²) in [4.78, 5) is 23.5. The predicted molar refractivity (Wildman–Crippen MR) is 144 cm³/mol. The molecule has 0 saturated carbocycles. The number of hydrogen-bond donors (Lipinski definition) is 1. The van der Waals surface area contributed by atoms with Gasteiger partial charge in [-0.05, 0) is 43.7 Å². The molecule has 1 aromatic carbocycles. The van der Waals surface area contributed by atoms with Crippen molar-refractivity contribution in [3.63, 3.8) is 0 Å². The fourth-order valence-electron chi connectivity index (χ4n) is 4.88. The van der Waals surface area contributed by atoms with Crippen LogP contribution in [0.1, 0.15) is 30.1 Å². The molecule has 0 unspecified atom stereocenters. The molecule has 0 aliphatic carbocycles. The van der Waals surface area contributed by atoms with Crippen molar-refractivity contribution in [1.29, 1.82) is 5.26 Å². The van der Waals surface area contributed by atoms with Crippen molar-refractivity contribution in [2.45, 2.75) is 31.4 Å². The molecule has 12 nitrogen and oxygen atoms in total. The summed E-state index contributed by atoms with van der Waals surface area (Å²) in [6.07, 6.45) is 6.13. The molecule has 2 aliphatic heterocycles. The summed E-state index contributed by atoms with van der Waals surface area (Å²) in [7, 11) is -1.66. The number of nitrogens with one attached hydrogen (secondary N) is 1. The van der Waals surface area contributed by atoms with E-state index in [1.54, 1.807) is 60.4 Å². The Hall–Kier alpha value is -3.86. The number of methoxy groups -OCH3 is 1. The van der Waals surface area contributed by atoms with Gasteiger partial charge in [0.05, 0.1) is 36.2 Å². The van der Waals surface area contributed by atoms with Gasteiger partial charge in [0.1, 0.15) is 5.54 Å². The molecular formula is C26H30N8O4S. The van der Waals surface area contributed by atoms with Crippen LogP contribution in [0.4, 0.5) is 11.6 Å². The van der Waals surface area contributed by atoms with Gasteiger partial charge in [-0.15, -0.1) is 0 Å². The molecule has 2 fully saturated rings. The monoisotopic (exact) mass is 550 g/mol. The van der Waals surface area contributed by atoms with Gasteiger partial charge >= 0.3 is 0 Å². The molecule has 2 saturated heterocycles. The van der Waals surface area contributed by atoms with Gasteiger partial charge in [-0.25, -0.2) is 18.4 Å². The molecule has 1 atom stereocenters. The average Bonchev–Trinajstić information content (AvgIpc) is 3.61. The Morgan fingerprint density at radius 1 is 1.26 bits per heavy atom. The van der Waals surface area contributed by atoms with Gasteiger partial charge in [-0.3, -0.25) is 9.48 Å². The maximum atomic E-state index is 12.8. The van der Waals surface area contributed by atoms with Crippen LogP contribution in [0.15, 0.2) is 48.9 Å². The van der Waals surface area contributed by atoms with Gasteiger partial charge in [0.15, 0.2) is 0 Å². The summed E-state index contributed by atoms with van der Waals surface area (Å²) in [5.41, 5.74) is 1.97. The first-order chi connectivity index (χ1) is 18.8. The van der Waals surface area contributed by atoms with Crippen LogP contribution in [0.3, 0.4) is 0 Å². The Morgan fingerprint density at radius 3 is 2.69 bits per heavy atom. The maximum Gasteiger partial charge on any atom is 0.253 e. The number of hydrogen-bond acceptors (Lipinski definition) is 9. The van der Waals surface area contributed by atoms with E-state index in [1.165, 1.54) is 4.31 Å². The van der Waals surface area contributed by atoms with Crippen LogP contribution >= 0.6 is 0 Å². The molecule has 2 aromatic heterocycles. The third-order valence-corrected chi connectivity index (χ3v) is 9.06. The smallest absolute Gasteiger partial charge is 0.253 e. The van der Waals surface area contributed by atoms with Crippen LogP contribution in [-0.2, 0) is 20.3 Å². The van der Waals surface area contributed by atoms with Crippen molar-refractivity contribution >= 4 is 27.6 Å². The molecule has 2 aliphatic rings. The van der Waals surface area contributed by atoms with Crippen LogP contribution < -0.4 is 5.32 Å². The van der Waals surface area contributed by atoms with Crippen LogP contribution in [0.5, 0.6) is 0 Å². The molecule has 4 heterocycles. The number of ether oxygens (including phenoxy) is 1. The van der Waals surface area contributed by atoms with E-state index in [0.29, 0.717) is 30.3 Å². The van der Waals surface area contributed by atoms with E-state index in [4.69, 9.17) is 4.74 Å². The topological polar surface area (TPSA) is 146 Å². The van der Waals surface area contributed by atoms with Gasteiger partial charge in [0, 0.05) is 62.5 Å². The number of likely N-dealkylation sites (tertiary alicyclic amines) is 1. The second-order valence-corrected chi connectivity index (χ2v) is 12.0. The summed E-state index contributed by atoms with van der Waals surface area (Å²) in [5, 5.41) is 17.0. The van der Waals surface area contributed by atoms with E-state index in [1.807, 2.05) is 12.1 Å². The van der Waals surface area contributed by atoms with Crippen molar-refractivity contribution in [1.82, 2.24) is 29.0 Å². The third kappa shape index (κ3) is 5.36. The fourth-order valence-corrected chi connectivity index (χ4v) is 6.12. The molecule has 204 valence electrons. The van der Waals surface area contributed by atoms with Crippen LogP contribution in [-0.4, -0.2) is 88.4 Å². The largest absolute Gasteiger partial charge is 0.380 e. The molecule has 0 radical (unpaired) electrons. The van der Waals surface area contributed by atoms with Crippen molar-refractivity contribution < 1.29 is 17.9 Å². The van der Waals surface area contributed by atoms with Crippen molar-refractivity contribution in [3.8, 4) is 17.3 Å². The van der Waals surface area contributed by atoms with Crippen LogP contribution in [0.25, 0.3) is 11.3 Å². The lowest BCUT2D eigenvalue weighted by Gasteiger charge is -2.47. The highest BCUT2D eigenvalue weighted by atomic mass is 32.2. The number of nitrogens with zero attached hydrogens (tertiary/aromatic N) is 7. The number of carbonyl (C=O) groups is 1. The molecule has 1 amide bonds. The van der Waals surface area contributed by atoms with Crippen molar-refractivity contribution in [3.05, 3.63) is 54.5 Å². The standard InChI is InChI=1S/C26H30N8O4S/c1-3-39(36,37)33-17-26(18-33,10-11-27)34-15-20(14-29-34)23-8-12-28-25(31-23)30-21-6-4-19(5-7-21)24(35)32-13-9-22(16-32)38-2/h4-8,12,14-15,22H,3,9-10,13,16-18H2,1-2H3,(H,28,30,31)/t22-/m0/s1. The summed E-state index contributed by atoms with van der Waals surface area (Å²) in [6, 6.07) is 11.1. The van der Waals surface area contributed by atoms with Gasteiger partial charge in [-0.1, -0.05) is 0 Å². The van der Waals surface area contributed by atoms with E-state index in [0.717, 1.165) is 17.7 Å². The SMILES string of the molecule is CCS(=O)(=O)N1CC(CC#N)(n2cc(-c3ccnc(Nc4ccc(C(=O)N5CC[C@H](OC)C5)cc4)n3)cn2)C1. The summed E-state index contributed by atoms with van der Waals surface area (Å²) < 4.78 is 32.9. The Balaban J connectivity index is 1.27. The lowest BCUT2D eigenvalue weighted by molar-refractivity contribution is 0.0719. The number of benzene rings is 1. The Labute approximate surface area is 227 Å². The number of sulfonamides is 1. The number of anilines is 2. The predicted octanol–water partition coefficient (Wildman–Crippen LogP) is 2.22. The number of rotatable bonds is 9. The molecule has 0 spiro atoms. The summed E-state index contributed by atoms with van der Waals surface area (Å²) in [5.74, 6) is 0.369. The van der Waals surface area contributed by atoms with Crippen molar-refractivity contribution in [2.75, 3.05) is 44.4 Å². The zero-order valence-corrected chi connectivity index (χ0v) is 22.6. The normalized spacial score (nSPS) is 18.9. The molecule has 39 heavy (non-hydrogen) atoms. The first kappa shape index (κ1) is 26.7. The number of aromatic nitrogens is 4. The highest BCUT2D eigenvalue weighted by Gasteiger charge is 2.49.